The van der Waals surface area contributed by atoms with Crippen molar-refractivity contribution in [2.45, 2.75) is 32.0 Å². The first-order valence-corrected chi connectivity index (χ1v) is 9.60. The molecule has 0 saturated heterocycles. The highest BCUT2D eigenvalue weighted by Gasteiger charge is 2.31. The van der Waals surface area contributed by atoms with Crippen molar-refractivity contribution in [1.29, 1.82) is 0 Å². The van der Waals surface area contributed by atoms with Gasteiger partial charge >= 0.3 is 12.1 Å². The Labute approximate surface area is 181 Å². The summed E-state index contributed by atoms with van der Waals surface area (Å²) in [6.07, 6.45) is -5.30. The highest BCUT2D eigenvalue weighted by molar-refractivity contribution is 6.33. The van der Waals surface area contributed by atoms with E-state index in [1.165, 1.54) is 0 Å². The van der Waals surface area contributed by atoms with E-state index in [2.05, 4.69) is 10.6 Å². The molecular formula is C21H20ClF3N2O4. The number of nitrogens with one attached hydrogen (secondary N) is 2. The number of anilines is 1. The van der Waals surface area contributed by atoms with E-state index in [4.69, 9.17) is 16.3 Å². The van der Waals surface area contributed by atoms with Crippen LogP contribution in [0.2, 0.25) is 5.02 Å². The average molecular weight is 457 g/mol. The number of esters is 1. The van der Waals surface area contributed by atoms with Gasteiger partial charge in [-0.3, -0.25) is 14.4 Å². The zero-order valence-corrected chi connectivity index (χ0v) is 17.2. The predicted molar refractivity (Wildman–Crippen MR) is 108 cm³/mol. The fraction of sp³-hybridized carbons (Fsp3) is 0.286. The quantitative estimate of drug-likeness (QED) is 0.573. The molecule has 0 saturated carbocycles. The zero-order chi connectivity index (χ0) is 23.0. The Balaban J connectivity index is 1.76. The van der Waals surface area contributed by atoms with E-state index in [1.54, 1.807) is 6.92 Å². The van der Waals surface area contributed by atoms with Gasteiger partial charge in [0.1, 0.15) is 0 Å². The predicted octanol–water partition coefficient (Wildman–Crippen LogP) is 4.50. The van der Waals surface area contributed by atoms with Crippen LogP contribution in [0, 0.1) is 0 Å². The third kappa shape index (κ3) is 7.93. The molecule has 10 heteroatoms. The molecule has 2 N–H and O–H groups in total. The van der Waals surface area contributed by atoms with Gasteiger partial charge in [0.05, 0.1) is 28.7 Å². The lowest BCUT2D eigenvalue weighted by Gasteiger charge is -2.14. The number of hydrogen-bond acceptors (Lipinski definition) is 4. The van der Waals surface area contributed by atoms with Gasteiger partial charge < -0.3 is 15.4 Å². The average Bonchev–Trinajstić information content (AvgIpc) is 2.72. The van der Waals surface area contributed by atoms with E-state index in [9.17, 15) is 27.6 Å². The molecule has 0 aliphatic heterocycles. The van der Waals surface area contributed by atoms with E-state index >= 15 is 0 Å². The number of ether oxygens (including phenoxy) is 1. The second-order valence-electron chi connectivity index (χ2n) is 6.60. The number of amides is 2. The first kappa shape index (κ1) is 24.2. The lowest BCUT2D eigenvalue weighted by molar-refractivity contribution is -0.149. The van der Waals surface area contributed by atoms with E-state index in [-0.39, 0.29) is 29.6 Å². The highest BCUT2D eigenvalue weighted by atomic mass is 35.5. The maximum absolute atomic E-state index is 12.8. The minimum atomic E-state index is -4.59. The van der Waals surface area contributed by atoms with Crippen LogP contribution in [0.1, 0.15) is 36.9 Å². The monoisotopic (exact) mass is 456 g/mol. The van der Waals surface area contributed by atoms with Crippen LogP contribution in [-0.4, -0.2) is 24.4 Å². The van der Waals surface area contributed by atoms with Crippen molar-refractivity contribution in [3.05, 3.63) is 64.7 Å². The fourth-order valence-electron chi connectivity index (χ4n) is 2.55. The SMILES string of the molecule is C[C@H](NC(=O)COC(=O)CCC(=O)Nc1cc(C(F)(F)F)ccc1Cl)c1ccccc1. The third-order valence-electron chi connectivity index (χ3n) is 4.17. The van der Waals surface area contributed by atoms with Gasteiger partial charge in [-0.15, -0.1) is 0 Å². The molecule has 2 aromatic rings. The Morgan fingerprint density at radius 2 is 1.71 bits per heavy atom. The fourth-order valence-corrected chi connectivity index (χ4v) is 2.72. The molecule has 1 atom stereocenters. The minimum absolute atomic E-state index is 0.0758. The summed E-state index contributed by atoms with van der Waals surface area (Å²) in [7, 11) is 0. The number of hydrogen-bond donors (Lipinski definition) is 2. The molecule has 166 valence electrons. The van der Waals surface area contributed by atoms with Crippen molar-refractivity contribution < 1.29 is 32.3 Å². The van der Waals surface area contributed by atoms with Gasteiger partial charge in [-0.05, 0) is 30.7 Å². The van der Waals surface area contributed by atoms with Gasteiger partial charge in [-0.25, -0.2) is 0 Å². The summed E-state index contributed by atoms with van der Waals surface area (Å²) in [5.41, 5.74) is -0.307. The minimum Gasteiger partial charge on any atom is -0.456 e. The number of benzene rings is 2. The molecule has 0 radical (unpaired) electrons. The number of carbonyl (C=O) groups excluding carboxylic acids is 3. The van der Waals surface area contributed by atoms with Crippen LogP contribution in [-0.2, 0) is 25.3 Å². The summed E-state index contributed by atoms with van der Waals surface area (Å²) in [6.45, 7) is 1.26. The molecule has 31 heavy (non-hydrogen) atoms. The van der Waals surface area contributed by atoms with Crippen molar-refractivity contribution in [2.75, 3.05) is 11.9 Å². The first-order valence-electron chi connectivity index (χ1n) is 9.23. The molecule has 0 aliphatic carbocycles. The lowest BCUT2D eigenvalue weighted by Crippen LogP contribution is -2.31. The molecule has 0 aliphatic rings. The molecule has 0 spiro atoms. The number of halogens is 4. The molecule has 0 fully saturated rings. The molecule has 2 rings (SSSR count). The van der Waals surface area contributed by atoms with Crippen LogP contribution in [0.3, 0.4) is 0 Å². The van der Waals surface area contributed by atoms with Gasteiger partial charge in [-0.2, -0.15) is 13.2 Å². The van der Waals surface area contributed by atoms with Gasteiger partial charge in [0.15, 0.2) is 6.61 Å². The Hall–Kier alpha value is -3.07. The number of alkyl halides is 3. The first-order chi connectivity index (χ1) is 14.6. The van der Waals surface area contributed by atoms with E-state index in [1.807, 2.05) is 30.3 Å². The summed E-state index contributed by atoms with van der Waals surface area (Å²) >= 11 is 5.81. The maximum Gasteiger partial charge on any atom is 0.416 e. The normalized spacial score (nSPS) is 12.0. The van der Waals surface area contributed by atoms with Crippen LogP contribution in [0.25, 0.3) is 0 Å². The maximum atomic E-state index is 12.8. The molecule has 0 heterocycles. The molecule has 2 amide bonds. The zero-order valence-electron chi connectivity index (χ0n) is 16.5. The summed E-state index contributed by atoms with van der Waals surface area (Å²) < 4.78 is 43.1. The second-order valence-corrected chi connectivity index (χ2v) is 7.01. The van der Waals surface area contributed by atoms with Gasteiger partial charge in [-0.1, -0.05) is 41.9 Å². The van der Waals surface area contributed by atoms with E-state index in [0.717, 1.165) is 17.7 Å². The van der Waals surface area contributed by atoms with Crippen molar-refractivity contribution in [1.82, 2.24) is 5.32 Å². The van der Waals surface area contributed by atoms with Crippen molar-refractivity contribution in [2.24, 2.45) is 0 Å². The smallest absolute Gasteiger partial charge is 0.416 e. The second kappa shape index (κ2) is 10.8. The van der Waals surface area contributed by atoms with Crippen molar-refractivity contribution in [3.63, 3.8) is 0 Å². The van der Waals surface area contributed by atoms with Crippen LogP contribution < -0.4 is 10.6 Å². The number of rotatable bonds is 8. The van der Waals surface area contributed by atoms with E-state index in [0.29, 0.717) is 6.07 Å². The molecular weight excluding hydrogens is 437 g/mol. The van der Waals surface area contributed by atoms with E-state index < -0.39 is 36.1 Å². The Morgan fingerprint density at radius 3 is 2.35 bits per heavy atom. The molecule has 0 aromatic heterocycles. The number of carbonyl (C=O) groups is 3. The lowest BCUT2D eigenvalue weighted by atomic mass is 10.1. The Kier molecular flexibility index (Phi) is 8.44. The molecule has 0 bridgehead atoms. The highest BCUT2D eigenvalue weighted by Crippen LogP contribution is 2.33. The van der Waals surface area contributed by atoms with Crippen LogP contribution in [0.4, 0.5) is 18.9 Å². The topological polar surface area (TPSA) is 84.5 Å². The molecule has 2 aromatic carbocycles. The van der Waals surface area contributed by atoms with Crippen molar-refractivity contribution >= 4 is 35.1 Å². The van der Waals surface area contributed by atoms with Crippen LogP contribution >= 0.6 is 11.6 Å². The Bertz CT molecular complexity index is 936. The standard InChI is InChI=1S/C21H20ClF3N2O4/c1-13(14-5-3-2-4-6-14)26-19(29)12-31-20(30)10-9-18(28)27-17-11-15(21(23,24)25)7-8-16(17)22/h2-8,11,13H,9-10,12H2,1H3,(H,26,29)(H,27,28)/t13-/m0/s1. The van der Waals surface area contributed by atoms with Gasteiger partial charge in [0.2, 0.25) is 5.91 Å². The van der Waals surface area contributed by atoms with Crippen LogP contribution in [0.5, 0.6) is 0 Å². The Morgan fingerprint density at radius 1 is 1.03 bits per heavy atom. The molecule has 6 nitrogen and oxygen atoms in total. The van der Waals surface area contributed by atoms with Gasteiger partial charge in [0, 0.05) is 6.42 Å². The summed E-state index contributed by atoms with van der Waals surface area (Å²) in [5.74, 6) is -2.03. The largest absolute Gasteiger partial charge is 0.456 e. The summed E-state index contributed by atoms with van der Waals surface area (Å²) in [4.78, 5) is 35.6. The van der Waals surface area contributed by atoms with Gasteiger partial charge in [0.25, 0.3) is 5.91 Å². The summed E-state index contributed by atoms with van der Waals surface area (Å²) in [6, 6.07) is 11.4. The van der Waals surface area contributed by atoms with Crippen LogP contribution in [0.15, 0.2) is 48.5 Å². The van der Waals surface area contributed by atoms with Crippen molar-refractivity contribution in [3.8, 4) is 0 Å². The summed E-state index contributed by atoms with van der Waals surface area (Å²) in [5, 5.41) is 4.82. The molecule has 0 unspecified atom stereocenters. The third-order valence-corrected chi connectivity index (χ3v) is 4.49.